The molecule has 1 aromatic heterocycles. The van der Waals surface area contributed by atoms with Crippen LogP contribution in [0.2, 0.25) is 0 Å². The van der Waals surface area contributed by atoms with Crippen LogP contribution >= 0.6 is 0 Å². The van der Waals surface area contributed by atoms with Gasteiger partial charge in [-0.05, 0) is 26.7 Å². The van der Waals surface area contributed by atoms with Crippen LogP contribution in [0.1, 0.15) is 26.7 Å². The first-order valence-corrected chi connectivity index (χ1v) is 7.45. The molecule has 1 amide bonds. The van der Waals surface area contributed by atoms with E-state index in [1.807, 2.05) is 13.8 Å². The second-order valence-corrected chi connectivity index (χ2v) is 5.97. The number of carbonyl (C=O) groups is 1. The molecule has 0 N–H and O–H groups in total. The third kappa shape index (κ3) is 3.40. The number of amides is 1. The molecular formula is C15H19F4N3O. The molecule has 23 heavy (non-hydrogen) atoms. The van der Waals surface area contributed by atoms with Crippen LogP contribution in [-0.4, -0.2) is 42.0 Å². The number of pyridine rings is 1. The van der Waals surface area contributed by atoms with Crippen molar-refractivity contribution >= 4 is 11.6 Å². The van der Waals surface area contributed by atoms with Gasteiger partial charge in [0.1, 0.15) is 5.69 Å². The van der Waals surface area contributed by atoms with E-state index in [0.717, 1.165) is 0 Å². The Kier molecular flexibility index (Phi) is 5.11. The van der Waals surface area contributed by atoms with Gasteiger partial charge in [0.15, 0.2) is 0 Å². The quantitative estimate of drug-likeness (QED) is 0.630. The van der Waals surface area contributed by atoms with Crippen LogP contribution in [0.5, 0.6) is 0 Å². The van der Waals surface area contributed by atoms with Crippen LogP contribution in [0.4, 0.5) is 23.2 Å². The Balaban J connectivity index is 2.13. The molecule has 0 atom stereocenters. The fourth-order valence-electron chi connectivity index (χ4n) is 2.65. The average Bonchev–Trinajstić information content (AvgIpc) is 2.52. The minimum absolute atomic E-state index is 0.0346. The van der Waals surface area contributed by atoms with E-state index in [1.165, 1.54) is 4.90 Å². The Labute approximate surface area is 132 Å². The van der Waals surface area contributed by atoms with E-state index >= 15 is 0 Å². The molecule has 128 valence electrons. The van der Waals surface area contributed by atoms with Crippen molar-refractivity contribution in [2.45, 2.75) is 32.7 Å². The SMILES string of the molecule is CC(C)N(C)C(=O)C1CCN(c2c(F)c(F)nc(F)c2F)CC1. The zero-order valence-corrected chi connectivity index (χ0v) is 13.2. The molecule has 2 heterocycles. The summed E-state index contributed by atoms with van der Waals surface area (Å²) in [5.74, 6) is -6.65. The van der Waals surface area contributed by atoms with E-state index < -0.39 is 29.2 Å². The van der Waals surface area contributed by atoms with E-state index in [4.69, 9.17) is 0 Å². The number of hydrogen-bond donors (Lipinski definition) is 0. The summed E-state index contributed by atoms with van der Waals surface area (Å²) in [6.45, 7) is 4.05. The van der Waals surface area contributed by atoms with Crippen molar-refractivity contribution in [2.24, 2.45) is 5.92 Å². The van der Waals surface area contributed by atoms with E-state index in [2.05, 4.69) is 4.98 Å². The molecular weight excluding hydrogens is 314 g/mol. The molecule has 1 aromatic rings. The maximum atomic E-state index is 13.8. The van der Waals surface area contributed by atoms with Crippen molar-refractivity contribution in [2.75, 3.05) is 25.0 Å². The van der Waals surface area contributed by atoms with Crippen molar-refractivity contribution in [3.8, 4) is 0 Å². The van der Waals surface area contributed by atoms with Crippen molar-refractivity contribution in [1.29, 1.82) is 0 Å². The third-order valence-corrected chi connectivity index (χ3v) is 4.26. The topological polar surface area (TPSA) is 36.4 Å². The van der Waals surface area contributed by atoms with Crippen molar-refractivity contribution in [3.63, 3.8) is 0 Å². The van der Waals surface area contributed by atoms with Crippen LogP contribution in [-0.2, 0) is 4.79 Å². The molecule has 4 nitrogen and oxygen atoms in total. The van der Waals surface area contributed by atoms with E-state index in [9.17, 15) is 22.4 Å². The first-order valence-electron chi connectivity index (χ1n) is 7.45. The monoisotopic (exact) mass is 333 g/mol. The van der Waals surface area contributed by atoms with Gasteiger partial charge in [-0.25, -0.2) is 0 Å². The summed E-state index contributed by atoms with van der Waals surface area (Å²) in [5.41, 5.74) is -0.752. The molecule has 0 spiro atoms. The molecule has 0 saturated carbocycles. The lowest BCUT2D eigenvalue weighted by Gasteiger charge is -2.35. The van der Waals surface area contributed by atoms with Crippen molar-refractivity contribution in [3.05, 3.63) is 23.5 Å². The zero-order valence-electron chi connectivity index (χ0n) is 13.2. The highest BCUT2D eigenvalue weighted by Crippen LogP contribution is 2.30. The highest BCUT2D eigenvalue weighted by Gasteiger charge is 2.32. The predicted molar refractivity (Wildman–Crippen MR) is 76.9 cm³/mol. The number of hydrogen-bond acceptors (Lipinski definition) is 3. The van der Waals surface area contributed by atoms with Crippen LogP contribution in [0.25, 0.3) is 0 Å². The predicted octanol–water partition coefficient (Wildman–Crippen LogP) is 2.72. The molecule has 1 aliphatic rings. The second kappa shape index (κ2) is 6.72. The third-order valence-electron chi connectivity index (χ3n) is 4.26. The highest BCUT2D eigenvalue weighted by atomic mass is 19.2. The number of aromatic nitrogens is 1. The zero-order chi connectivity index (χ0) is 17.3. The molecule has 0 unspecified atom stereocenters. The van der Waals surface area contributed by atoms with Gasteiger partial charge in [0.25, 0.3) is 11.9 Å². The van der Waals surface area contributed by atoms with Crippen LogP contribution in [0.3, 0.4) is 0 Å². The lowest BCUT2D eigenvalue weighted by atomic mass is 9.94. The minimum atomic E-state index is -1.67. The fraction of sp³-hybridized carbons (Fsp3) is 0.600. The number of anilines is 1. The maximum absolute atomic E-state index is 13.8. The van der Waals surface area contributed by atoms with Gasteiger partial charge in [-0.15, -0.1) is 0 Å². The van der Waals surface area contributed by atoms with Gasteiger partial charge in [-0.3, -0.25) is 4.79 Å². The maximum Gasteiger partial charge on any atom is 0.253 e. The lowest BCUT2D eigenvalue weighted by Crippen LogP contribution is -2.44. The molecule has 0 bridgehead atoms. The van der Waals surface area contributed by atoms with Gasteiger partial charge < -0.3 is 9.80 Å². The molecule has 0 aliphatic carbocycles. The van der Waals surface area contributed by atoms with Gasteiger partial charge in [0.2, 0.25) is 17.5 Å². The van der Waals surface area contributed by atoms with Gasteiger partial charge in [-0.1, -0.05) is 0 Å². The summed E-state index contributed by atoms with van der Waals surface area (Å²) in [5, 5.41) is 0. The molecule has 0 aromatic carbocycles. The van der Waals surface area contributed by atoms with Crippen LogP contribution in [0, 0.1) is 29.4 Å². The standard InChI is InChI=1S/C15H19F4N3O/c1-8(2)21(3)15(23)9-4-6-22(7-5-9)12-10(16)13(18)20-14(19)11(12)17/h8-9H,4-7H2,1-3H3. The molecule has 1 fully saturated rings. The first kappa shape index (κ1) is 17.5. The van der Waals surface area contributed by atoms with Crippen molar-refractivity contribution < 1.29 is 22.4 Å². The number of halogens is 4. The normalized spacial score (nSPS) is 16.1. The van der Waals surface area contributed by atoms with E-state index in [0.29, 0.717) is 12.8 Å². The Morgan fingerprint density at radius 2 is 1.61 bits per heavy atom. The number of piperidine rings is 1. The molecule has 2 rings (SSSR count). The van der Waals surface area contributed by atoms with Crippen molar-refractivity contribution in [1.82, 2.24) is 9.88 Å². The summed E-state index contributed by atoms with van der Waals surface area (Å²) in [4.78, 5) is 17.6. The van der Waals surface area contributed by atoms with Gasteiger partial charge in [0, 0.05) is 32.1 Å². The summed E-state index contributed by atoms with van der Waals surface area (Å²) >= 11 is 0. The summed E-state index contributed by atoms with van der Waals surface area (Å²) < 4.78 is 53.9. The van der Waals surface area contributed by atoms with Crippen LogP contribution < -0.4 is 4.90 Å². The summed E-state index contributed by atoms with van der Waals surface area (Å²) in [7, 11) is 1.70. The molecule has 1 saturated heterocycles. The summed E-state index contributed by atoms with van der Waals surface area (Å²) in [6.07, 6.45) is 0.723. The highest BCUT2D eigenvalue weighted by molar-refractivity contribution is 5.79. The minimum Gasteiger partial charge on any atom is -0.366 e. The Hall–Kier alpha value is -1.86. The summed E-state index contributed by atoms with van der Waals surface area (Å²) in [6, 6.07) is 0.0545. The van der Waals surface area contributed by atoms with Gasteiger partial charge in [-0.2, -0.15) is 22.5 Å². The van der Waals surface area contributed by atoms with E-state index in [1.54, 1.807) is 11.9 Å². The average molecular weight is 333 g/mol. The van der Waals surface area contributed by atoms with E-state index in [-0.39, 0.29) is 31.0 Å². The largest absolute Gasteiger partial charge is 0.366 e. The smallest absolute Gasteiger partial charge is 0.253 e. The second-order valence-electron chi connectivity index (χ2n) is 5.97. The first-order chi connectivity index (χ1) is 10.7. The number of nitrogens with zero attached hydrogens (tertiary/aromatic N) is 3. The van der Waals surface area contributed by atoms with Gasteiger partial charge in [0.05, 0.1) is 0 Å². The Bertz CT molecular complexity index is 575. The Morgan fingerprint density at radius 1 is 1.13 bits per heavy atom. The number of rotatable bonds is 3. The molecule has 1 aliphatic heterocycles. The number of carbonyl (C=O) groups excluding carboxylic acids is 1. The van der Waals surface area contributed by atoms with Gasteiger partial charge >= 0.3 is 0 Å². The van der Waals surface area contributed by atoms with Crippen LogP contribution in [0.15, 0.2) is 0 Å². The molecule has 8 heteroatoms. The Morgan fingerprint density at radius 3 is 2.04 bits per heavy atom. The molecule has 0 radical (unpaired) electrons. The fourth-order valence-corrected chi connectivity index (χ4v) is 2.65. The lowest BCUT2D eigenvalue weighted by molar-refractivity contribution is -0.136.